The molecule has 0 spiro atoms. The van der Waals surface area contributed by atoms with Crippen molar-refractivity contribution in [3.63, 3.8) is 0 Å². The van der Waals surface area contributed by atoms with Crippen LogP contribution in [0.2, 0.25) is 0 Å². The molecule has 0 bridgehead atoms. The van der Waals surface area contributed by atoms with Gasteiger partial charge in [0.2, 0.25) is 5.95 Å². The van der Waals surface area contributed by atoms with E-state index in [2.05, 4.69) is 29.2 Å². The number of likely N-dealkylation sites (tertiary alicyclic amines) is 1. The van der Waals surface area contributed by atoms with E-state index in [-0.39, 0.29) is 0 Å². The quantitative estimate of drug-likeness (QED) is 0.778. The van der Waals surface area contributed by atoms with Crippen LogP contribution in [0.3, 0.4) is 0 Å². The van der Waals surface area contributed by atoms with Gasteiger partial charge in [-0.25, -0.2) is 4.98 Å². The van der Waals surface area contributed by atoms with E-state index in [4.69, 9.17) is 0 Å². The van der Waals surface area contributed by atoms with Crippen LogP contribution in [0, 0.1) is 5.95 Å². The lowest BCUT2D eigenvalue weighted by Gasteiger charge is -2.35. The normalized spacial score (nSPS) is 26.7. The fourth-order valence-electron chi connectivity index (χ4n) is 2.12. The van der Waals surface area contributed by atoms with E-state index in [1.54, 1.807) is 12.3 Å². The van der Waals surface area contributed by atoms with E-state index < -0.39 is 5.95 Å². The van der Waals surface area contributed by atoms with Crippen molar-refractivity contribution in [2.75, 3.05) is 18.9 Å². The molecule has 1 aromatic rings. The molecule has 0 aliphatic carbocycles. The Morgan fingerprint density at radius 3 is 2.94 bits per heavy atom. The second-order valence-corrected chi connectivity index (χ2v) is 4.56. The number of hydrogen-bond donors (Lipinski definition) is 1. The lowest BCUT2D eigenvalue weighted by molar-refractivity contribution is 0.190. The molecule has 1 fully saturated rings. The van der Waals surface area contributed by atoms with Gasteiger partial charge in [0.05, 0.1) is 11.9 Å². The largest absolute Gasteiger partial charge is 0.381 e. The lowest BCUT2D eigenvalue weighted by atomic mass is 9.99. The predicted octanol–water partition coefficient (Wildman–Crippen LogP) is 2.12. The highest BCUT2D eigenvalue weighted by Crippen LogP contribution is 2.19. The summed E-state index contributed by atoms with van der Waals surface area (Å²) in [4.78, 5) is 6.00. The van der Waals surface area contributed by atoms with Gasteiger partial charge in [-0.2, -0.15) is 4.39 Å². The van der Waals surface area contributed by atoms with Crippen LogP contribution in [-0.2, 0) is 0 Å². The van der Waals surface area contributed by atoms with Gasteiger partial charge in [-0.1, -0.05) is 0 Å². The molecule has 2 atom stereocenters. The summed E-state index contributed by atoms with van der Waals surface area (Å²) in [7, 11) is 2.15. The molecule has 1 aromatic heterocycles. The minimum atomic E-state index is -0.428. The van der Waals surface area contributed by atoms with Crippen LogP contribution in [0.25, 0.3) is 0 Å². The molecule has 1 aliphatic rings. The van der Waals surface area contributed by atoms with Crippen LogP contribution in [-0.4, -0.2) is 35.6 Å². The van der Waals surface area contributed by atoms with Gasteiger partial charge < -0.3 is 10.2 Å². The van der Waals surface area contributed by atoms with Crippen molar-refractivity contribution in [2.24, 2.45) is 0 Å². The molecule has 0 radical (unpaired) electrons. The molecule has 4 heteroatoms. The van der Waals surface area contributed by atoms with Gasteiger partial charge in [-0.3, -0.25) is 0 Å². The van der Waals surface area contributed by atoms with Crippen molar-refractivity contribution in [1.29, 1.82) is 0 Å². The zero-order valence-electron chi connectivity index (χ0n) is 9.78. The first-order valence-corrected chi connectivity index (χ1v) is 5.73. The van der Waals surface area contributed by atoms with Crippen LogP contribution < -0.4 is 5.32 Å². The minimum absolute atomic E-state index is 0.428. The summed E-state index contributed by atoms with van der Waals surface area (Å²) in [6.07, 6.45) is 3.80. The molecule has 2 rings (SSSR count). The Morgan fingerprint density at radius 2 is 2.31 bits per heavy atom. The fourth-order valence-corrected chi connectivity index (χ4v) is 2.12. The van der Waals surface area contributed by atoms with Crippen molar-refractivity contribution in [3.05, 3.63) is 24.3 Å². The van der Waals surface area contributed by atoms with Gasteiger partial charge in [-0.15, -0.1) is 0 Å². The first-order valence-electron chi connectivity index (χ1n) is 5.73. The molecule has 1 saturated heterocycles. The summed E-state index contributed by atoms with van der Waals surface area (Å²) in [5.74, 6) is -0.428. The SMILES string of the molecule is CC1CC(Nc2ccc(F)nc2)CCN1C. The Hall–Kier alpha value is -1.16. The maximum Gasteiger partial charge on any atom is 0.212 e. The Bertz CT molecular complexity index is 339. The zero-order valence-corrected chi connectivity index (χ0v) is 9.78. The third-order valence-corrected chi connectivity index (χ3v) is 3.31. The molecule has 1 aliphatic heterocycles. The Balaban J connectivity index is 1.93. The summed E-state index contributed by atoms with van der Waals surface area (Å²) >= 11 is 0. The second-order valence-electron chi connectivity index (χ2n) is 4.56. The fraction of sp³-hybridized carbons (Fsp3) is 0.583. The molecule has 1 N–H and O–H groups in total. The number of pyridine rings is 1. The predicted molar refractivity (Wildman–Crippen MR) is 62.9 cm³/mol. The van der Waals surface area contributed by atoms with Gasteiger partial charge in [0.25, 0.3) is 0 Å². The molecular weight excluding hydrogens is 205 g/mol. The monoisotopic (exact) mass is 223 g/mol. The molecule has 2 unspecified atom stereocenters. The van der Waals surface area contributed by atoms with Crippen molar-refractivity contribution in [1.82, 2.24) is 9.88 Å². The van der Waals surface area contributed by atoms with Crippen LogP contribution in [0.1, 0.15) is 19.8 Å². The number of hydrogen-bond acceptors (Lipinski definition) is 3. The van der Waals surface area contributed by atoms with Crippen LogP contribution in [0.4, 0.5) is 10.1 Å². The summed E-state index contributed by atoms with van der Waals surface area (Å²) in [5, 5.41) is 3.40. The molecule has 0 amide bonds. The average molecular weight is 223 g/mol. The van der Waals surface area contributed by atoms with E-state index in [1.165, 1.54) is 6.07 Å². The Morgan fingerprint density at radius 1 is 1.50 bits per heavy atom. The van der Waals surface area contributed by atoms with Gasteiger partial charge in [0, 0.05) is 18.6 Å². The standard InChI is InChI=1S/C12H18FN3/c1-9-7-10(5-6-16(9)2)15-11-3-4-12(13)14-8-11/h3-4,8-10,15H,5-7H2,1-2H3. The highest BCUT2D eigenvalue weighted by Gasteiger charge is 2.22. The molecule has 0 saturated carbocycles. The topological polar surface area (TPSA) is 28.2 Å². The first kappa shape index (κ1) is 11.3. The summed E-state index contributed by atoms with van der Waals surface area (Å²) in [5.41, 5.74) is 0.906. The highest BCUT2D eigenvalue weighted by atomic mass is 19.1. The van der Waals surface area contributed by atoms with Gasteiger partial charge >= 0.3 is 0 Å². The van der Waals surface area contributed by atoms with Gasteiger partial charge in [0.1, 0.15) is 0 Å². The molecular formula is C12H18FN3. The third-order valence-electron chi connectivity index (χ3n) is 3.31. The first-order chi connectivity index (χ1) is 7.65. The number of nitrogens with zero attached hydrogens (tertiary/aromatic N) is 2. The summed E-state index contributed by atoms with van der Waals surface area (Å²) in [6.45, 7) is 3.34. The molecule has 2 heterocycles. The number of anilines is 1. The van der Waals surface area contributed by atoms with E-state index in [1.807, 2.05) is 0 Å². The van der Waals surface area contributed by atoms with E-state index in [9.17, 15) is 4.39 Å². The third kappa shape index (κ3) is 2.70. The molecule has 3 nitrogen and oxygen atoms in total. The maximum absolute atomic E-state index is 12.6. The molecule has 16 heavy (non-hydrogen) atoms. The van der Waals surface area contributed by atoms with Crippen molar-refractivity contribution in [3.8, 4) is 0 Å². The lowest BCUT2D eigenvalue weighted by Crippen LogP contribution is -2.42. The minimum Gasteiger partial charge on any atom is -0.381 e. The average Bonchev–Trinajstić information content (AvgIpc) is 2.27. The molecule has 0 aromatic carbocycles. The summed E-state index contributed by atoms with van der Waals surface area (Å²) < 4.78 is 12.6. The molecule has 88 valence electrons. The zero-order chi connectivity index (χ0) is 11.5. The van der Waals surface area contributed by atoms with Crippen LogP contribution in [0.5, 0.6) is 0 Å². The number of piperidine rings is 1. The smallest absolute Gasteiger partial charge is 0.212 e. The van der Waals surface area contributed by atoms with Crippen molar-refractivity contribution in [2.45, 2.75) is 31.8 Å². The van der Waals surface area contributed by atoms with E-state index in [0.29, 0.717) is 12.1 Å². The maximum atomic E-state index is 12.6. The van der Waals surface area contributed by atoms with Crippen molar-refractivity contribution < 1.29 is 4.39 Å². The number of halogens is 1. The Kier molecular flexibility index (Phi) is 3.39. The highest BCUT2D eigenvalue weighted by molar-refractivity contribution is 5.41. The van der Waals surface area contributed by atoms with Crippen LogP contribution >= 0.6 is 0 Å². The van der Waals surface area contributed by atoms with Gasteiger partial charge in [-0.05, 0) is 38.9 Å². The Labute approximate surface area is 95.7 Å². The van der Waals surface area contributed by atoms with E-state index in [0.717, 1.165) is 25.1 Å². The number of nitrogens with one attached hydrogen (secondary N) is 1. The van der Waals surface area contributed by atoms with Crippen LogP contribution in [0.15, 0.2) is 18.3 Å². The summed E-state index contributed by atoms with van der Waals surface area (Å²) in [6, 6.07) is 4.20. The van der Waals surface area contributed by atoms with E-state index >= 15 is 0 Å². The number of rotatable bonds is 2. The number of aromatic nitrogens is 1. The van der Waals surface area contributed by atoms with Crippen molar-refractivity contribution >= 4 is 5.69 Å². The second kappa shape index (κ2) is 4.78. The van der Waals surface area contributed by atoms with Gasteiger partial charge in [0.15, 0.2) is 0 Å².